The second-order valence-electron chi connectivity index (χ2n) is 4.57. The van der Waals surface area contributed by atoms with Crippen molar-refractivity contribution in [2.75, 3.05) is 0 Å². The van der Waals surface area contributed by atoms with Crippen molar-refractivity contribution in [2.24, 2.45) is 5.84 Å². The van der Waals surface area contributed by atoms with Crippen molar-refractivity contribution in [3.8, 4) is 0 Å². The van der Waals surface area contributed by atoms with Crippen molar-refractivity contribution >= 4 is 11.6 Å². The average Bonchev–Trinajstić information content (AvgIpc) is 2.42. The first-order chi connectivity index (χ1) is 9.82. The zero-order valence-corrected chi connectivity index (χ0v) is 11.8. The fourth-order valence-electron chi connectivity index (χ4n) is 2.07. The molecule has 3 nitrogen and oxygen atoms in total. The van der Waals surface area contributed by atoms with Crippen LogP contribution < -0.4 is 11.3 Å². The van der Waals surface area contributed by atoms with E-state index in [1.54, 1.807) is 19.1 Å². The summed E-state index contributed by atoms with van der Waals surface area (Å²) < 4.78 is 38.0. The van der Waals surface area contributed by atoms with Crippen LogP contribution in [0.15, 0.2) is 36.5 Å². The van der Waals surface area contributed by atoms with Crippen LogP contribution >= 0.6 is 11.6 Å². The highest BCUT2D eigenvalue weighted by Crippen LogP contribution is 2.32. The van der Waals surface area contributed by atoms with E-state index in [9.17, 15) is 13.2 Å². The van der Waals surface area contributed by atoms with Gasteiger partial charge < -0.3 is 0 Å². The smallest absolute Gasteiger partial charge is 0.271 e. The number of halogens is 4. The predicted molar refractivity (Wildman–Crippen MR) is 74.6 cm³/mol. The topological polar surface area (TPSA) is 50.9 Å². The fraction of sp³-hybridized carbons (Fsp3) is 0.214. The van der Waals surface area contributed by atoms with E-state index in [1.807, 2.05) is 0 Å². The minimum Gasteiger partial charge on any atom is -0.271 e. The Balaban J connectivity index is 2.41. The van der Waals surface area contributed by atoms with Gasteiger partial charge in [-0.1, -0.05) is 17.7 Å². The lowest BCUT2D eigenvalue weighted by molar-refractivity contribution is -0.137. The van der Waals surface area contributed by atoms with Crippen molar-refractivity contribution in [2.45, 2.75) is 19.1 Å². The summed E-state index contributed by atoms with van der Waals surface area (Å²) in [5.41, 5.74) is 3.55. The van der Waals surface area contributed by atoms with Crippen molar-refractivity contribution < 1.29 is 13.2 Å². The summed E-state index contributed by atoms with van der Waals surface area (Å²) in [6.45, 7) is 1.60. The standard InChI is InChI=1S/C14H13ClF3N3/c1-8-6-9(14(16,17)18)2-4-11(8)13(21-19)12-5-3-10(15)7-20-12/h2-7,13,21H,19H2,1H3. The van der Waals surface area contributed by atoms with Crippen LogP contribution in [0, 0.1) is 6.92 Å². The average molecular weight is 316 g/mol. The largest absolute Gasteiger partial charge is 0.416 e. The lowest BCUT2D eigenvalue weighted by Gasteiger charge is -2.19. The molecule has 0 spiro atoms. The Labute approximate surface area is 124 Å². The lowest BCUT2D eigenvalue weighted by atomic mass is 9.96. The molecular weight excluding hydrogens is 303 g/mol. The van der Waals surface area contributed by atoms with E-state index < -0.39 is 17.8 Å². The highest BCUT2D eigenvalue weighted by atomic mass is 35.5. The minimum absolute atomic E-state index is 0.471. The van der Waals surface area contributed by atoms with Gasteiger partial charge in [0.05, 0.1) is 22.3 Å². The second kappa shape index (κ2) is 6.01. The molecule has 7 heteroatoms. The van der Waals surface area contributed by atoms with Gasteiger partial charge >= 0.3 is 6.18 Å². The van der Waals surface area contributed by atoms with E-state index >= 15 is 0 Å². The van der Waals surface area contributed by atoms with Crippen molar-refractivity contribution in [3.05, 3.63) is 63.9 Å². The third-order valence-electron chi connectivity index (χ3n) is 3.12. The maximum atomic E-state index is 12.7. The number of alkyl halides is 3. The molecule has 2 aromatic rings. The van der Waals surface area contributed by atoms with Crippen LogP contribution in [-0.2, 0) is 6.18 Å². The molecule has 0 aliphatic carbocycles. The van der Waals surface area contributed by atoms with Crippen LogP contribution in [0.5, 0.6) is 0 Å². The molecule has 1 atom stereocenters. The number of aryl methyl sites for hydroxylation is 1. The Morgan fingerprint density at radius 3 is 2.43 bits per heavy atom. The normalized spacial score (nSPS) is 13.2. The number of pyridine rings is 1. The first-order valence-electron chi connectivity index (χ1n) is 6.08. The zero-order valence-electron chi connectivity index (χ0n) is 11.1. The molecule has 1 aromatic carbocycles. The van der Waals surface area contributed by atoms with E-state index in [2.05, 4.69) is 10.4 Å². The van der Waals surface area contributed by atoms with Gasteiger partial charge in [-0.25, -0.2) is 5.43 Å². The number of aromatic nitrogens is 1. The van der Waals surface area contributed by atoms with E-state index in [4.69, 9.17) is 17.4 Å². The Kier molecular flexibility index (Phi) is 4.51. The van der Waals surface area contributed by atoms with Crippen LogP contribution in [-0.4, -0.2) is 4.98 Å². The summed E-state index contributed by atoms with van der Waals surface area (Å²) in [5.74, 6) is 5.52. The van der Waals surface area contributed by atoms with E-state index in [0.29, 0.717) is 21.8 Å². The molecule has 0 saturated heterocycles. The number of hydrogen-bond acceptors (Lipinski definition) is 3. The maximum absolute atomic E-state index is 12.7. The zero-order chi connectivity index (χ0) is 15.6. The van der Waals surface area contributed by atoms with Gasteiger partial charge in [-0.2, -0.15) is 13.2 Å². The van der Waals surface area contributed by atoms with Gasteiger partial charge in [0.1, 0.15) is 0 Å². The van der Waals surface area contributed by atoms with Crippen LogP contribution in [0.2, 0.25) is 5.02 Å². The van der Waals surface area contributed by atoms with Gasteiger partial charge in [-0.15, -0.1) is 0 Å². The third-order valence-corrected chi connectivity index (χ3v) is 3.34. The maximum Gasteiger partial charge on any atom is 0.416 e. The van der Waals surface area contributed by atoms with Gasteiger partial charge in [-0.3, -0.25) is 10.8 Å². The van der Waals surface area contributed by atoms with Crippen molar-refractivity contribution in [3.63, 3.8) is 0 Å². The molecule has 0 radical (unpaired) electrons. The highest BCUT2D eigenvalue weighted by Gasteiger charge is 2.31. The first-order valence-corrected chi connectivity index (χ1v) is 6.46. The van der Waals surface area contributed by atoms with E-state index in [0.717, 1.165) is 12.1 Å². The molecule has 0 bridgehead atoms. The van der Waals surface area contributed by atoms with Crippen LogP contribution in [0.4, 0.5) is 13.2 Å². The van der Waals surface area contributed by atoms with Crippen LogP contribution in [0.25, 0.3) is 0 Å². The van der Waals surface area contributed by atoms with E-state index in [1.165, 1.54) is 12.3 Å². The van der Waals surface area contributed by atoms with E-state index in [-0.39, 0.29) is 0 Å². The number of hydrogen-bond donors (Lipinski definition) is 2. The Hall–Kier alpha value is -1.63. The molecule has 0 aliphatic heterocycles. The molecule has 2 rings (SSSR count). The van der Waals surface area contributed by atoms with Gasteiger partial charge in [-0.05, 0) is 42.3 Å². The number of rotatable bonds is 3. The summed E-state index contributed by atoms with van der Waals surface area (Å²) in [6.07, 6.45) is -2.91. The second-order valence-corrected chi connectivity index (χ2v) is 5.01. The molecule has 0 aliphatic rings. The van der Waals surface area contributed by atoms with Gasteiger partial charge in [0.2, 0.25) is 0 Å². The minimum atomic E-state index is -4.37. The van der Waals surface area contributed by atoms with Crippen LogP contribution in [0.1, 0.15) is 28.4 Å². The van der Waals surface area contributed by atoms with Crippen molar-refractivity contribution in [1.82, 2.24) is 10.4 Å². The Morgan fingerprint density at radius 1 is 1.24 bits per heavy atom. The summed E-state index contributed by atoms with van der Waals surface area (Å²) >= 11 is 5.77. The molecule has 1 heterocycles. The molecule has 0 fully saturated rings. The quantitative estimate of drug-likeness (QED) is 0.672. The summed E-state index contributed by atoms with van der Waals surface area (Å²) in [6, 6.07) is 6.33. The summed E-state index contributed by atoms with van der Waals surface area (Å²) in [5, 5.41) is 0.471. The molecule has 112 valence electrons. The fourth-order valence-corrected chi connectivity index (χ4v) is 2.18. The Bertz CT molecular complexity index is 626. The summed E-state index contributed by atoms with van der Waals surface area (Å²) in [7, 11) is 0. The van der Waals surface area contributed by atoms with Gasteiger partial charge in [0, 0.05) is 6.20 Å². The monoisotopic (exact) mass is 315 g/mol. The third kappa shape index (κ3) is 3.53. The van der Waals surface area contributed by atoms with Crippen molar-refractivity contribution in [1.29, 1.82) is 0 Å². The molecule has 1 unspecified atom stereocenters. The number of hydrazine groups is 1. The molecular formula is C14H13ClF3N3. The van der Waals surface area contributed by atoms with Gasteiger partial charge in [0.25, 0.3) is 0 Å². The lowest BCUT2D eigenvalue weighted by Crippen LogP contribution is -2.30. The number of nitrogens with zero attached hydrogens (tertiary/aromatic N) is 1. The molecule has 0 saturated carbocycles. The predicted octanol–water partition coefficient (Wildman–Crippen LogP) is 3.61. The molecule has 0 amide bonds. The number of nitrogens with two attached hydrogens (primary N) is 1. The first kappa shape index (κ1) is 15.8. The molecule has 21 heavy (non-hydrogen) atoms. The van der Waals surface area contributed by atoms with Crippen LogP contribution in [0.3, 0.4) is 0 Å². The highest BCUT2D eigenvalue weighted by molar-refractivity contribution is 6.30. The SMILES string of the molecule is Cc1cc(C(F)(F)F)ccc1C(NN)c1ccc(Cl)cn1. The summed E-state index contributed by atoms with van der Waals surface area (Å²) in [4.78, 5) is 4.14. The number of nitrogens with one attached hydrogen (secondary N) is 1. The van der Waals surface area contributed by atoms with Gasteiger partial charge in [0.15, 0.2) is 0 Å². The molecule has 3 N–H and O–H groups in total. The Morgan fingerprint density at radius 2 is 1.95 bits per heavy atom. The molecule has 1 aromatic heterocycles. The number of benzene rings is 1.